The molecule has 1 aliphatic carbocycles. The number of nitrogens with zero attached hydrogens (tertiary/aromatic N) is 1. The van der Waals surface area contributed by atoms with Gasteiger partial charge in [-0.1, -0.05) is 40.2 Å². The van der Waals surface area contributed by atoms with E-state index in [9.17, 15) is 18.6 Å². The molecule has 0 unspecified atom stereocenters. The second-order valence-corrected chi connectivity index (χ2v) is 13.1. The molecule has 0 radical (unpaired) electrons. The molecule has 5 rings (SSSR count). The smallest absolute Gasteiger partial charge is 0.215 e. The summed E-state index contributed by atoms with van der Waals surface area (Å²) < 4.78 is 45.0. The predicted octanol–water partition coefficient (Wildman–Crippen LogP) is 5.24. The molecule has 2 aromatic heterocycles. The predicted molar refractivity (Wildman–Crippen MR) is 143 cm³/mol. The molecule has 2 atom stereocenters. The Hall–Kier alpha value is -2.21. The maximum absolute atomic E-state index is 15.1. The van der Waals surface area contributed by atoms with Crippen LogP contribution in [0.4, 0.5) is 4.39 Å². The van der Waals surface area contributed by atoms with E-state index in [4.69, 9.17) is 0 Å². The average Bonchev–Trinajstić information content (AvgIpc) is 3.63. The van der Waals surface area contributed by atoms with Crippen molar-refractivity contribution >= 4 is 47.4 Å². The van der Waals surface area contributed by atoms with E-state index in [2.05, 4.69) is 25.6 Å². The minimum Gasteiger partial charge on any atom is -0.393 e. The first kappa shape index (κ1) is 25.4. The Morgan fingerprint density at radius 2 is 1.97 bits per heavy atom. The molecule has 0 saturated heterocycles. The van der Waals surface area contributed by atoms with E-state index in [-0.39, 0.29) is 5.56 Å². The van der Waals surface area contributed by atoms with Crippen molar-refractivity contribution in [2.45, 2.75) is 36.7 Å². The summed E-state index contributed by atoms with van der Waals surface area (Å²) in [6.07, 6.45) is 2.76. The van der Waals surface area contributed by atoms with Gasteiger partial charge in [0.1, 0.15) is 11.4 Å². The fourth-order valence-electron chi connectivity index (χ4n) is 4.12. The van der Waals surface area contributed by atoms with Gasteiger partial charge in [0.05, 0.1) is 23.6 Å². The van der Waals surface area contributed by atoms with Gasteiger partial charge in [0.2, 0.25) is 10.0 Å². The van der Waals surface area contributed by atoms with Crippen LogP contribution in [-0.2, 0) is 15.6 Å². The summed E-state index contributed by atoms with van der Waals surface area (Å²) in [6.45, 7) is 1.09. The molecule has 0 bridgehead atoms. The van der Waals surface area contributed by atoms with E-state index < -0.39 is 39.3 Å². The standard InChI is InChI=1S/C26H24BrFN2O4S2/c1-26(32,14-31)16-10-11-29-21(13-16)18-5-2-4-15-12-22(35-25(15)18)24(30-36(33,34)17-8-9-17)23-19(27)6-3-7-20(23)28/h2-7,10-13,17,24,30-32H,8-9,14H2,1H3/t24-,26+/m0/s1. The third-order valence-electron chi connectivity index (χ3n) is 6.35. The number of rotatable bonds is 8. The molecule has 0 aliphatic heterocycles. The van der Waals surface area contributed by atoms with Crippen molar-refractivity contribution in [3.63, 3.8) is 0 Å². The van der Waals surface area contributed by atoms with Crippen LogP contribution in [0.5, 0.6) is 0 Å². The zero-order chi connectivity index (χ0) is 25.7. The van der Waals surface area contributed by atoms with Gasteiger partial charge < -0.3 is 10.2 Å². The van der Waals surface area contributed by atoms with Crippen LogP contribution in [0.15, 0.2) is 65.3 Å². The lowest BCUT2D eigenvalue weighted by Gasteiger charge is -2.21. The normalized spacial score (nSPS) is 16.7. The molecular formula is C26H24BrFN2O4S2. The molecule has 1 saturated carbocycles. The van der Waals surface area contributed by atoms with Crippen LogP contribution in [0, 0.1) is 5.82 Å². The summed E-state index contributed by atoms with van der Waals surface area (Å²) in [5.41, 5.74) is 0.719. The van der Waals surface area contributed by atoms with Crippen LogP contribution in [0.3, 0.4) is 0 Å². The van der Waals surface area contributed by atoms with Gasteiger partial charge in [-0.15, -0.1) is 11.3 Å². The number of halogens is 2. The van der Waals surface area contributed by atoms with E-state index in [1.165, 1.54) is 24.3 Å². The lowest BCUT2D eigenvalue weighted by atomic mass is 9.96. The number of thiophene rings is 1. The van der Waals surface area contributed by atoms with Crippen molar-refractivity contribution in [2.75, 3.05) is 6.61 Å². The molecule has 36 heavy (non-hydrogen) atoms. The summed E-state index contributed by atoms with van der Waals surface area (Å²) in [7, 11) is -3.64. The Morgan fingerprint density at radius 3 is 2.67 bits per heavy atom. The van der Waals surface area contributed by atoms with Crippen LogP contribution in [0.2, 0.25) is 0 Å². The topological polar surface area (TPSA) is 99.5 Å². The number of nitrogens with one attached hydrogen (secondary N) is 1. The van der Waals surface area contributed by atoms with Crippen molar-refractivity contribution in [3.8, 4) is 11.3 Å². The zero-order valence-electron chi connectivity index (χ0n) is 19.3. The number of benzene rings is 2. The van der Waals surface area contributed by atoms with E-state index in [1.807, 2.05) is 24.3 Å². The monoisotopic (exact) mass is 590 g/mol. The second kappa shape index (κ2) is 9.59. The largest absolute Gasteiger partial charge is 0.393 e. The van der Waals surface area contributed by atoms with Crippen LogP contribution in [0.1, 0.15) is 41.8 Å². The Labute approximate surface area is 221 Å². The first-order valence-corrected chi connectivity index (χ1v) is 14.5. The maximum Gasteiger partial charge on any atom is 0.215 e. The van der Waals surface area contributed by atoms with Crippen molar-refractivity contribution in [1.29, 1.82) is 0 Å². The molecule has 1 fully saturated rings. The third kappa shape index (κ3) is 4.85. The molecule has 1 aliphatic rings. The number of sulfonamides is 1. The van der Waals surface area contributed by atoms with Gasteiger partial charge in [-0.05, 0) is 61.0 Å². The Morgan fingerprint density at radius 1 is 1.22 bits per heavy atom. The van der Waals surface area contributed by atoms with E-state index in [1.54, 1.807) is 30.5 Å². The number of aromatic nitrogens is 1. The van der Waals surface area contributed by atoms with Gasteiger partial charge >= 0.3 is 0 Å². The summed E-state index contributed by atoms with van der Waals surface area (Å²) >= 11 is 4.77. The fourth-order valence-corrected chi connectivity index (χ4v) is 7.53. The second-order valence-electron chi connectivity index (χ2n) is 9.16. The van der Waals surface area contributed by atoms with Crippen LogP contribution >= 0.6 is 27.3 Å². The highest BCUT2D eigenvalue weighted by molar-refractivity contribution is 9.10. The Kier molecular flexibility index (Phi) is 6.78. The van der Waals surface area contributed by atoms with E-state index in [0.717, 1.165) is 15.6 Å². The molecule has 0 amide bonds. The number of pyridine rings is 1. The quantitative estimate of drug-likeness (QED) is 0.261. The van der Waals surface area contributed by atoms with Crippen LogP contribution in [-0.4, -0.2) is 35.5 Å². The van der Waals surface area contributed by atoms with Gasteiger partial charge in [0.25, 0.3) is 0 Å². The lowest BCUT2D eigenvalue weighted by Crippen LogP contribution is -2.32. The molecule has 188 valence electrons. The SMILES string of the molecule is C[C@@](O)(CO)c1ccnc(-c2cccc3cc([C@H](NS(=O)(=O)C4CC4)c4c(F)cccc4Br)sc23)c1. The van der Waals surface area contributed by atoms with E-state index >= 15 is 4.39 Å². The van der Waals surface area contributed by atoms with Crippen LogP contribution in [0.25, 0.3) is 21.3 Å². The van der Waals surface area contributed by atoms with Gasteiger partial charge in [-0.3, -0.25) is 4.98 Å². The summed E-state index contributed by atoms with van der Waals surface area (Å²) in [5.74, 6) is -0.508. The third-order valence-corrected chi connectivity index (χ3v) is 10.2. The fraction of sp³-hybridized carbons (Fsp3) is 0.269. The maximum atomic E-state index is 15.1. The van der Waals surface area contributed by atoms with E-state index in [0.29, 0.717) is 33.4 Å². The molecule has 4 aromatic rings. The Bertz CT molecular complexity index is 1530. The number of aliphatic hydroxyl groups excluding tert-OH is 1. The number of fused-ring (bicyclic) bond motifs is 1. The molecule has 0 spiro atoms. The highest BCUT2D eigenvalue weighted by Gasteiger charge is 2.39. The first-order chi connectivity index (χ1) is 17.1. The zero-order valence-corrected chi connectivity index (χ0v) is 22.5. The van der Waals surface area contributed by atoms with Crippen molar-refractivity contribution in [1.82, 2.24) is 9.71 Å². The minimum atomic E-state index is -3.64. The summed E-state index contributed by atoms with van der Waals surface area (Å²) in [6, 6.07) is 14.6. The highest BCUT2D eigenvalue weighted by Crippen LogP contribution is 2.42. The summed E-state index contributed by atoms with van der Waals surface area (Å²) in [4.78, 5) is 5.12. The van der Waals surface area contributed by atoms with Gasteiger partial charge in [0, 0.05) is 31.4 Å². The number of hydrogen-bond acceptors (Lipinski definition) is 6. The number of hydrogen-bond donors (Lipinski definition) is 3. The van der Waals surface area contributed by atoms with Gasteiger partial charge in [-0.2, -0.15) is 0 Å². The van der Waals surface area contributed by atoms with Crippen molar-refractivity contribution < 1.29 is 23.0 Å². The van der Waals surface area contributed by atoms with Gasteiger partial charge in [-0.25, -0.2) is 17.5 Å². The molecule has 3 N–H and O–H groups in total. The number of aliphatic hydroxyl groups is 2. The minimum absolute atomic E-state index is 0.231. The molecule has 2 aromatic carbocycles. The highest BCUT2D eigenvalue weighted by atomic mass is 79.9. The molecular weight excluding hydrogens is 567 g/mol. The molecule has 6 nitrogen and oxygen atoms in total. The average molecular weight is 592 g/mol. The molecule has 2 heterocycles. The van der Waals surface area contributed by atoms with Crippen LogP contribution < -0.4 is 4.72 Å². The first-order valence-electron chi connectivity index (χ1n) is 11.4. The van der Waals surface area contributed by atoms with Crippen molar-refractivity contribution in [3.05, 3.63) is 87.1 Å². The lowest BCUT2D eigenvalue weighted by molar-refractivity contribution is -0.00230. The van der Waals surface area contributed by atoms with Gasteiger partial charge in [0.15, 0.2) is 0 Å². The summed E-state index contributed by atoms with van der Waals surface area (Å²) in [5, 5.41) is 20.5. The molecule has 10 heteroatoms. The van der Waals surface area contributed by atoms with Crippen molar-refractivity contribution in [2.24, 2.45) is 0 Å². The Balaban J connectivity index is 1.65.